The largest absolute Gasteiger partial charge is 0.496 e. The first-order valence-corrected chi connectivity index (χ1v) is 13.8. The monoisotopic (exact) mass is 554 g/mol. The molecule has 39 heavy (non-hydrogen) atoms. The molecule has 3 rings (SSSR count). The molecule has 1 atom stereocenters. The Morgan fingerprint density at radius 1 is 0.872 bits per heavy atom. The van der Waals surface area contributed by atoms with Crippen LogP contribution in [0.15, 0.2) is 53.9 Å². The molecular formula is C30H38N2O6S. The lowest BCUT2D eigenvalue weighted by Crippen LogP contribution is -2.47. The number of hydrogen-bond donors (Lipinski definition) is 0. The standard InChI is InChI=1S/C30H38N2O6S/c1-7-21(2)32(30(34)29-25(36-4)11-8-12-26(29)37-5)20-28(33)31(19-23-10-9-17-39-23)16-15-22-13-14-24(35-3)27(18-22)38-6/h8-14,17-18,21H,7,15-16,19-20H2,1-6H3. The van der Waals surface area contributed by atoms with Gasteiger partial charge in [-0.15, -0.1) is 11.3 Å². The predicted molar refractivity (Wildman–Crippen MR) is 153 cm³/mol. The van der Waals surface area contributed by atoms with Crippen LogP contribution in [0.1, 0.15) is 41.1 Å². The second kappa shape index (κ2) is 14.4. The molecule has 0 bridgehead atoms. The number of amides is 2. The van der Waals surface area contributed by atoms with Crippen molar-refractivity contribution in [1.29, 1.82) is 0 Å². The summed E-state index contributed by atoms with van der Waals surface area (Å²) in [7, 11) is 6.23. The summed E-state index contributed by atoms with van der Waals surface area (Å²) in [5, 5.41) is 2.00. The van der Waals surface area contributed by atoms with Gasteiger partial charge in [0.1, 0.15) is 23.6 Å². The van der Waals surface area contributed by atoms with Crippen molar-refractivity contribution in [3.63, 3.8) is 0 Å². The highest BCUT2D eigenvalue weighted by Gasteiger charge is 2.30. The van der Waals surface area contributed by atoms with Crippen LogP contribution in [0.4, 0.5) is 0 Å². The van der Waals surface area contributed by atoms with Gasteiger partial charge < -0.3 is 28.7 Å². The van der Waals surface area contributed by atoms with Crippen LogP contribution in [-0.4, -0.2) is 69.2 Å². The SMILES string of the molecule is CCC(C)N(CC(=O)N(CCc1ccc(OC)c(OC)c1)Cc1cccs1)C(=O)c1c(OC)cccc1OC. The first-order chi connectivity index (χ1) is 18.9. The number of carbonyl (C=O) groups is 2. The van der Waals surface area contributed by atoms with E-state index < -0.39 is 0 Å². The van der Waals surface area contributed by atoms with E-state index in [1.54, 1.807) is 48.7 Å². The van der Waals surface area contributed by atoms with Gasteiger partial charge in [0.25, 0.3) is 5.91 Å². The van der Waals surface area contributed by atoms with Crippen molar-refractivity contribution in [1.82, 2.24) is 9.80 Å². The molecule has 8 nitrogen and oxygen atoms in total. The molecule has 1 unspecified atom stereocenters. The van der Waals surface area contributed by atoms with Crippen LogP contribution in [0, 0.1) is 0 Å². The topological polar surface area (TPSA) is 77.5 Å². The lowest BCUT2D eigenvalue weighted by molar-refractivity contribution is -0.132. The average molecular weight is 555 g/mol. The van der Waals surface area contributed by atoms with Crippen LogP contribution in [-0.2, 0) is 17.8 Å². The Balaban J connectivity index is 1.87. The van der Waals surface area contributed by atoms with Crippen LogP contribution in [0.2, 0.25) is 0 Å². The number of benzene rings is 2. The van der Waals surface area contributed by atoms with E-state index >= 15 is 0 Å². The zero-order valence-corrected chi connectivity index (χ0v) is 24.4. The van der Waals surface area contributed by atoms with Gasteiger partial charge in [-0.1, -0.05) is 25.1 Å². The fourth-order valence-electron chi connectivity index (χ4n) is 4.28. The molecule has 0 saturated carbocycles. The molecule has 9 heteroatoms. The lowest BCUT2D eigenvalue weighted by atomic mass is 10.1. The van der Waals surface area contributed by atoms with E-state index in [9.17, 15) is 9.59 Å². The molecule has 1 aromatic heterocycles. The van der Waals surface area contributed by atoms with Crippen LogP contribution in [0.3, 0.4) is 0 Å². The molecule has 0 radical (unpaired) electrons. The molecule has 0 spiro atoms. The van der Waals surface area contributed by atoms with Crippen molar-refractivity contribution >= 4 is 23.2 Å². The highest BCUT2D eigenvalue weighted by atomic mass is 32.1. The van der Waals surface area contributed by atoms with Crippen LogP contribution in [0.25, 0.3) is 0 Å². The molecule has 210 valence electrons. The molecule has 0 N–H and O–H groups in total. The summed E-state index contributed by atoms with van der Waals surface area (Å²) in [5.74, 6) is 1.68. The van der Waals surface area contributed by atoms with Crippen LogP contribution >= 0.6 is 11.3 Å². The van der Waals surface area contributed by atoms with Gasteiger partial charge in [-0.2, -0.15) is 0 Å². The molecule has 2 amide bonds. The molecule has 0 aliphatic rings. The number of thiophene rings is 1. The minimum atomic E-state index is -0.303. The average Bonchev–Trinajstić information content (AvgIpc) is 3.49. The van der Waals surface area contributed by atoms with Gasteiger partial charge in [0.2, 0.25) is 5.91 Å². The minimum absolute atomic E-state index is 0.0631. The number of carbonyl (C=O) groups excluding carboxylic acids is 2. The van der Waals surface area contributed by atoms with Crippen molar-refractivity contribution in [2.45, 2.75) is 39.3 Å². The van der Waals surface area contributed by atoms with E-state index in [0.717, 1.165) is 10.4 Å². The number of nitrogens with zero attached hydrogens (tertiary/aromatic N) is 2. The van der Waals surface area contributed by atoms with E-state index in [0.29, 0.717) is 54.5 Å². The van der Waals surface area contributed by atoms with Gasteiger partial charge >= 0.3 is 0 Å². The molecule has 0 aliphatic heterocycles. The summed E-state index contributed by atoms with van der Waals surface area (Å²) >= 11 is 1.60. The fourth-order valence-corrected chi connectivity index (χ4v) is 5.00. The van der Waals surface area contributed by atoms with E-state index in [1.165, 1.54) is 14.2 Å². The van der Waals surface area contributed by atoms with E-state index in [1.807, 2.05) is 54.5 Å². The maximum atomic E-state index is 13.9. The molecular weight excluding hydrogens is 516 g/mol. The fraction of sp³-hybridized carbons (Fsp3) is 0.400. The summed E-state index contributed by atoms with van der Waals surface area (Å²) in [6.07, 6.45) is 1.31. The zero-order valence-electron chi connectivity index (χ0n) is 23.6. The van der Waals surface area contributed by atoms with Crippen molar-refractivity contribution in [3.05, 3.63) is 69.9 Å². The molecule has 0 saturated heterocycles. The normalized spacial score (nSPS) is 11.4. The summed E-state index contributed by atoms with van der Waals surface area (Å²) in [6.45, 7) is 4.82. The lowest BCUT2D eigenvalue weighted by Gasteiger charge is -2.32. The van der Waals surface area contributed by atoms with Crippen molar-refractivity contribution in [2.75, 3.05) is 41.5 Å². The zero-order chi connectivity index (χ0) is 28.4. The van der Waals surface area contributed by atoms with Gasteiger partial charge in [-0.05, 0) is 61.0 Å². The number of rotatable bonds is 14. The van der Waals surface area contributed by atoms with Crippen LogP contribution in [0.5, 0.6) is 23.0 Å². The quantitative estimate of drug-likeness (QED) is 0.269. The summed E-state index contributed by atoms with van der Waals surface area (Å²) in [5.41, 5.74) is 1.33. The first-order valence-electron chi connectivity index (χ1n) is 12.9. The Morgan fingerprint density at radius 2 is 1.54 bits per heavy atom. The van der Waals surface area contributed by atoms with Gasteiger partial charge in [0.15, 0.2) is 11.5 Å². The Morgan fingerprint density at radius 3 is 2.10 bits per heavy atom. The molecule has 2 aromatic carbocycles. The minimum Gasteiger partial charge on any atom is -0.496 e. The summed E-state index contributed by atoms with van der Waals surface area (Å²) in [6, 6.07) is 14.8. The van der Waals surface area contributed by atoms with Gasteiger partial charge in [-0.3, -0.25) is 9.59 Å². The van der Waals surface area contributed by atoms with E-state index in [2.05, 4.69) is 0 Å². The van der Waals surface area contributed by atoms with Crippen molar-refractivity contribution in [2.24, 2.45) is 0 Å². The summed E-state index contributed by atoms with van der Waals surface area (Å²) < 4.78 is 21.8. The Labute approximate surface area is 235 Å². The third-order valence-corrected chi connectivity index (χ3v) is 7.59. The summed E-state index contributed by atoms with van der Waals surface area (Å²) in [4.78, 5) is 32.2. The molecule has 0 aliphatic carbocycles. The highest BCUT2D eigenvalue weighted by Crippen LogP contribution is 2.31. The second-order valence-electron chi connectivity index (χ2n) is 9.06. The molecule has 0 fully saturated rings. The third kappa shape index (κ3) is 7.44. The Hall–Kier alpha value is -3.72. The van der Waals surface area contributed by atoms with Gasteiger partial charge in [-0.25, -0.2) is 0 Å². The number of ether oxygens (including phenoxy) is 4. The van der Waals surface area contributed by atoms with Gasteiger partial charge in [0.05, 0.1) is 35.0 Å². The molecule has 1 heterocycles. The van der Waals surface area contributed by atoms with Crippen LogP contribution < -0.4 is 18.9 Å². The molecule has 3 aromatic rings. The Kier molecular flexibility index (Phi) is 11.0. The maximum absolute atomic E-state index is 13.9. The Bertz CT molecular complexity index is 1210. The van der Waals surface area contributed by atoms with E-state index in [-0.39, 0.29) is 24.4 Å². The van der Waals surface area contributed by atoms with E-state index in [4.69, 9.17) is 18.9 Å². The second-order valence-corrected chi connectivity index (χ2v) is 10.1. The number of hydrogen-bond acceptors (Lipinski definition) is 7. The predicted octanol–water partition coefficient (Wildman–Crippen LogP) is 5.29. The number of methoxy groups -OCH3 is 4. The van der Waals surface area contributed by atoms with Crippen molar-refractivity contribution in [3.8, 4) is 23.0 Å². The van der Waals surface area contributed by atoms with Crippen molar-refractivity contribution < 1.29 is 28.5 Å². The smallest absolute Gasteiger partial charge is 0.262 e. The van der Waals surface area contributed by atoms with Gasteiger partial charge in [0, 0.05) is 17.5 Å². The third-order valence-electron chi connectivity index (χ3n) is 6.73. The highest BCUT2D eigenvalue weighted by molar-refractivity contribution is 7.09. The maximum Gasteiger partial charge on any atom is 0.262 e. The first kappa shape index (κ1) is 29.8.